The van der Waals surface area contributed by atoms with Crippen LogP contribution in [0.3, 0.4) is 0 Å². The fraction of sp³-hybridized carbons (Fsp3) is 0.417. The minimum Gasteiger partial charge on any atom is -0.475 e. The van der Waals surface area contributed by atoms with Gasteiger partial charge in [0, 0.05) is 0 Å². The topological polar surface area (TPSA) is 59.0 Å². The minimum absolute atomic E-state index is 0.319. The highest BCUT2D eigenvalue weighted by Crippen LogP contribution is 2.21. The van der Waals surface area contributed by atoms with Gasteiger partial charge in [-0.25, -0.2) is 4.39 Å². The van der Waals surface area contributed by atoms with Gasteiger partial charge < -0.3 is 10.5 Å². The predicted octanol–water partition coefficient (Wildman–Crippen LogP) is 2.01. The first kappa shape index (κ1) is 12.5. The molecule has 0 saturated heterocycles. The van der Waals surface area contributed by atoms with Crippen LogP contribution < -0.4 is 10.5 Å². The van der Waals surface area contributed by atoms with E-state index in [9.17, 15) is 4.39 Å². The number of nitriles is 1. The molecule has 0 aliphatic heterocycles. The Morgan fingerprint density at radius 1 is 1.56 bits per heavy atom. The van der Waals surface area contributed by atoms with Crippen molar-refractivity contribution in [3.05, 3.63) is 29.6 Å². The standard InChI is InChI=1S/C12H15FN2O/c1-2-11(8-15)16-12-4-3-10(13)7-9(12)5-6-14/h3-4,7,11H,2,5-6,14H2,1H3. The zero-order valence-corrected chi connectivity index (χ0v) is 9.24. The first-order valence-electron chi connectivity index (χ1n) is 5.26. The van der Waals surface area contributed by atoms with Crippen molar-refractivity contribution in [2.75, 3.05) is 6.54 Å². The van der Waals surface area contributed by atoms with Gasteiger partial charge >= 0.3 is 0 Å². The van der Waals surface area contributed by atoms with Gasteiger partial charge in [0.1, 0.15) is 17.6 Å². The Hall–Kier alpha value is -1.60. The van der Waals surface area contributed by atoms with E-state index in [0.29, 0.717) is 30.7 Å². The van der Waals surface area contributed by atoms with Gasteiger partial charge in [0.15, 0.2) is 6.10 Å². The lowest BCUT2D eigenvalue weighted by Gasteiger charge is -2.14. The Balaban J connectivity index is 2.90. The number of hydrogen-bond acceptors (Lipinski definition) is 3. The first-order valence-corrected chi connectivity index (χ1v) is 5.26. The molecule has 1 rings (SSSR count). The smallest absolute Gasteiger partial charge is 0.184 e. The Morgan fingerprint density at radius 2 is 2.31 bits per heavy atom. The zero-order chi connectivity index (χ0) is 12.0. The monoisotopic (exact) mass is 222 g/mol. The van der Waals surface area contributed by atoms with Gasteiger partial charge in [-0.05, 0) is 43.1 Å². The molecule has 1 aromatic carbocycles. The van der Waals surface area contributed by atoms with E-state index >= 15 is 0 Å². The van der Waals surface area contributed by atoms with Gasteiger partial charge in [0.05, 0.1) is 0 Å². The molecule has 0 aliphatic carbocycles. The molecule has 2 N–H and O–H groups in total. The van der Waals surface area contributed by atoms with E-state index in [2.05, 4.69) is 0 Å². The summed E-state index contributed by atoms with van der Waals surface area (Å²) in [5.41, 5.74) is 6.14. The molecule has 0 amide bonds. The largest absolute Gasteiger partial charge is 0.475 e. The lowest BCUT2D eigenvalue weighted by Crippen LogP contribution is -2.14. The van der Waals surface area contributed by atoms with Gasteiger partial charge in [0.25, 0.3) is 0 Å². The number of benzene rings is 1. The predicted molar refractivity (Wildman–Crippen MR) is 59.5 cm³/mol. The maximum absolute atomic E-state index is 13.0. The molecule has 4 heteroatoms. The van der Waals surface area contributed by atoms with Crippen molar-refractivity contribution < 1.29 is 9.13 Å². The molecule has 0 spiro atoms. The van der Waals surface area contributed by atoms with E-state index < -0.39 is 6.10 Å². The van der Waals surface area contributed by atoms with Crippen LogP contribution >= 0.6 is 0 Å². The summed E-state index contributed by atoms with van der Waals surface area (Å²) in [6.07, 6.45) is 0.632. The molecule has 0 aliphatic rings. The summed E-state index contributed by atoms with van der Waals surface area (Å²) < 4.78 is 18.5. The highest BCUT2D eigenvalue weighted by molar-refractivity contribution is 5.34. The Bertz CT molecular complexity index is 387. The van der Waals surface area contributed by atoms with E-state index in [1.165, 1.54) is 12.1 Å². The third-order valence-corrected chi connectivity index (χ3v) is 2.22. The van der Waals surface area contributed by atoms with Gasteiger partial charge in [-0.15, -0.1) is 0 Å². The van der Waals surface area contributed by atoms with Crippen LogP contribution in [0.15, 0.2) is 18.2 Å². The quantitative estimate of drug-likeness (QED) is 0.829. The summed E-state index contributed by atoms with van der Waals surface area (Å²) in [6, 6.07) is 6.29. The third-order valence-electron chi connectivity index (χ3n) is 2.22. The maximum Gasteiger partial charge on any atom is 0.184 e. The number of halogens is 1. The van der Waals surface area contributed by atoms with Gasteiger partial charge in [0.2, 0.25) is 0 Å². The highest BCUT2D eigenvalue weighted by Gasteiger charge is 2.10. The van der Waals surface area contributed by atoms with Crippen LogP contribution in [0.1, 0.15) is 18.9 Å². The Kier molecular flexibility index (Phi) is 4.74. The zero-order valence-electron chi connectivity index (χ0n) is 9.24. The third kappa shape index (κ3) is 3.21. The molecule has 0 bridgehead atoms. The van der Waals surface area contributed by atoms with E-state index in [4.69, 9.17) is 15.7 Å². The van der Waals surface area contributed by atoms with Crippen molar-refractivity contribution in [2.45, 2.75) is 25.9 Å². The number of ether oxygens (including phenoxy) is 1. The summed E-state index contributed by atoms with van der Waals surface area (Å²) in [5, 5.41) is 8.79. The lowest BCUT2D eigenvalue weighted by atomic mass is 10.1. The van der Waals surface area contributed by atoms with Crippen LogP contribution in [-0.2, 0) is 6.42 Å². The molecule has 0 heterocycles. The van der Waals surface area contributed by atoms with E-state index in [0.717, 1.165) is 0 Å². The summed E-state index contributed by atoms with van der Waals surface area (Å²) in [6.45, 7) is 2.28. The second kappa shape index (κ2) is 6.09. The first-order chi connectivity index (χ1) is 7.71. The maximum atomic E-state index is 13.0. The summed E-state index contributed by atoms with van der Waals surface area (Å²) in [7, 11) is 0. The average molecular weight is 222 g/mol. The Morgan fingerprint density at radius 3 is 2.88 bits per heavy atom. The molecular weight excluding hydrogens is 207 g/mol. The lowest BCUT2D eigenvalue weighted by molar-refractivity contribution is 0.249. The van der Waals surface area contributed by atoms with Crippen molar-refractivity contribution in [3.8, 4) is 11.8 Å². The molecule has 16 heavy (non-hydrogen) atoms. The molecule has 0 radical (unpaired) electrons. The number of hydrogen-bond donors (Lipinski definition) is 1. The fourth-order valence-electron chi connectivity index (χ4n) is 1.37. The summed E-state index contributed by atoms with van der Waals surface area (Å²) in [4.78, 5) is 0. The van der Waals surface area contributed by atoms with Gasteiger partial charge in [-0.1, -0.05) is 6.92 Å². The van der Waals surface area contributed by atoms with Crippen LogP contribution in [0.5, 0.6) is 5.75 Å². The summed E-state index contributed by atoms with van der Waals surface area (Å²) >= 11 is 0. The van der Waals surface area contributed by atoms with E-state index in [1.54, 1.807) is 6.07 Å². The van der Waals surface area contributed by atoms with Crippen LogP contribution in [0.25, 0.3) is 0 Å². The molecule has 86 valence electrons. The molecule has 1 aromatic rings. The van der Waals surface area contributed by atoms with Crippen molar-refractivity contribution in [2.24, 2.45) is 5.73 Å². The van der Waals surface area contributed by atoms with Crippen molar-refractivity contribution in [3.63, 3.8) is 0 Å². The van der Waals surface area contributed by atoms with Gasteiger partial charge in [-0.2, -0.15) is 5.26 Å². The van der Waals surface area contributed by atoms with Crippen LogP contribution in [-0.4, -0.2) is 12.6 Å². The molecular formula is C12H15FN2O. The molecule has 0 aromatic heterocycles. The SMILES string of the molecule is CCC(C#N)Oc1ccc(F)cc1CCN. The van der Waals surface area contributed by atoms with Crippen molar-refractivity contribution in [1.82, 2.24) is 0 Å². The van der Waals surface area contributed by atoms with E-state index in [-0.39, 0.29) is 5.82 Å². The second-order valence-corrected chi connectivity index (χ2v) is 3.43. The fourth-order valence-corrected chi connectivity index (χ4v) is 1.37. The molecule has 1 atom stereocenters. The number of nitrogens with two attached hydrogens (primary N) is 1. The van der Waals surface area contributed by atoms with Crippen molar-refractivity contribution >= 4 is 0 Å². The highest BCUT2D eigenvalue weighted by atomic mass is 19.1. The van der Waals surface area contributed by atoms with Crippen LogP contribution in [0.4, 0.5) is 4.39 Å². The Labute approximate surface area is 94.6 Å². The van der Waals surface area contributed by atoms with E-state index in [1.807, 2.05) is 13.0 Å². The minimum atomic E-state index is -0.498. The number of rotatable bonds is 5. The van der Waals surface area contributed by atoms with Crippen LogP contribution in [0.2, 0.25) is 0 Å². The summed E-state index contributed by atoms with van der Waals surface area (Å²) in [5.74, 6) is 0.223. The number of nitrogens with zero attached hydrogens (tertiary/aromatic N) is 1. The van der Waals surface area contributed by atoms with Crippen molar-refractivity contribution in [1.29, 1.82) is 5.26 Å². The van der Waals surface area contributed by atoms with Gasteiger partial charge in [-0.3, -0.25) is 0 Å². The molecule has 0 fully saturated rings. The molecule has 0 saturated carbocycles. The second-order valence-electron chi connectivity index (χ2n) is 3.43. The molecule has 1 unspecified atom stereocenters. The van der Waals surface area contributed by atoms with Crippen LogP contribution in [0, 0.1) is 17.1 Å². The average Bonchev–Trinajstić information content (AvgIpc) is 2.29. The normalized spacial score (nSPS) is 11.9. The molecule has 3 nitrogen and oxygen atoms in total.